The van der Waals surface area contributed by atoms with Crippen LogP contribution in [0.3, 0.4) is 0 Å². The van der Waals surface area contributed by atoms with Gasteiger partial charge in [0.15, 0.2) is 0 Å². The Morgan fingerprint density at radius 2 is 1.88 bits per heavy atom. The summed E-state index contributed by atoms with van der Waals surface area (Å²) in [5.41, 5.74) is 1.65. The van der Waals surface area contributed by atoms with E-state index in [1.165, 1.54) is 0 Å². The number of aliphatic carboxylic acids is 1. The largest absolute Gasteiger partial charge is 0.480 e. The molecule has 3 aromatic rings. The van der Waals surface area contributed by atoms with Gasteiger partial charge in [0.25, 0.3) is 0 Å². The van der Waals surface area contributed by atoms with Gasteiger partial charge >= 0.3 is 12.1 Å². The second-order valence-corrected chi connectivity index (χ2v) is 5.81. The smallest absolute Gasteiger partial charge is 0.408 e. The molecule has 0 saturated carbocycles. The van der Waals surface area contributed by atoms with Crippen molar-refractivity contribution in [2.75, 3.05) is 0 Å². The zero-order chi connectivity index (χ0) is 18.4. The first kappa shape index (κ1) is 17.4. The van der Waals surface area contributed by atoms with E-state index >= 15 is 0 Å². The van der Waals surface area contributed by atoms with Crippen LogP contribution in [0.5, 0.6) is 0 Å². The molecular weight excluding hydrogens is 332 g/mol. The van der Waals surface area contributed by atoms with Crippen LogP contribution in [0.1, 0.15) is 11.1 Å². The first-order valence-corrected chi connectivity index (χ1v) is 8.15. The molecule has 2 aromatic carbocycles. The molecule has 26 heavy (non-hydrogen) atoms. The molecule has 1 amide bonds. The Balaban J connectivity index is 1.67. The number of carbonyl (C=O) groups excluding carboxylic acids is 1. The Hall–Kier alpha value is -3.41. The molecule has 6 heteroatoms. The molecule has 0 bridgehead atoms. The monoisotopic (exact) mass is 350 g/mol. The van der Waals surface area contributed by atoms with Gasteiger partial charge in [-0.1, -0.05) is 48.5 Å². The lowest BCUT2D eigenvalue weighted by molar-refractivity contribution is -0.139. The maximum Gasteiger partial charge on any atom is 0.408 e. The molecule has 1 aromatic heterocycles. The fraction of sp³-hybridized carbons (Fsp3) is 0.150. The Morgan fingerprint density at radius 1 is 1.08 bits per heavy atom. The second kappa shape index (κ2) is 8.11. The predicted molar refractivity (Wildman–Crippen MR) is 96.6 cm³/mol. The second-order valence-electron chi connectivity index (χ2n) is 5.81. The maximum atomic E-state index is 12.0. The lowest BCUT2D eigenvalue weighted by atomic mass is 10.00. The fourth-order valence-electron chi connectivity index (χ4n) is 2.69. The van der Waals surface area contributed by atoms with Crippen LogP contribution in [0, 0.1) is 0 Å². The molecule has 0 aliphatic rings. The van der Waals surface area contributed by atoms with Crippen LogP contribution < -0.4 is 5.32 Å². The number of carboxylic acid groups (broad SMARTS) is 1. The van der Waals surface area contributed by atoms with E-state index in [0.717, 1.165) is 21.9 Å². The molecule has 0 saturated heterocycles. The average Bonchev–Trinajstić information content (AvgIpc) is 2.67. The third-order valence-electron chi connectivity index (χ3n) is 4.00. The first-order valence-electron chi connectivity index (χ1n) is 8.15. The number of ether oxygens (including phenoxy) is 1. The summed E-state index contributed by atoms with van der Waals surface area (Å²) in [6, 6.07) is 15.5. The Labute approximate surface area is 150 Å². The van der Waals surface area contributed by atoms with Gasteiger partial charge in [-0.3, -0.25) is 4.98 Å². The highest BCUT2D eigenvalue weighted by atomic mass is 16.5. The van der Waals surface area contributed by atoms with E-state index < -0.39 is 18.1 Å². The Kier molecular flexibility index (Phi) is 5.43. The molecule has 0 aliphatic carbocycles. The summed E-state index contributed by atoms with van der Waals surface area (Å²) < 4.78 is 5.11. The number of nitrogens with one attached hydrogen (secondary N) is 1. The van der Waals surface area contributed by atoms with Crippen molar-refractivity contribution in [2.24, 2.45) is 0 Å². The lowest BCUT2D eigenvalue weighted by Gasteiger charge is -2.16. The van der Waals surface area contributed by atoms with Gasteiger partial charge in [0, 0.05) is 24.2 Å². The molecule has 0 unspecified atom stereocenters. The van der Waals surface area contributed by atoms with Crippen LogP contribution in [0.15, 0.2) is 67.0 Å². The average molecular weight is 350 g/mol. The minimum Gasteiger partial charge on any atom is -0.480 e. The SMILES string of the molecule is O=C(N[C@H](Cc1cccc2cnccc12)C(=O)O)OCc1ccccc1. The van der Waals surface area contributed by atoms with Gasteiger partial charge in [0.1, 0.15) is 12.6 Å². The molecule has 2 N–H and O–H groups in total. The van der Waals surface area contributed by atoms with Gasteiger partial charge in [0.05, 0.1) is 0 Å². The summed E-state index contributed by atoms with van der Waals surface area (Å²) in [6.07, 6.45) is 2.76. The number of alkyl carbamates (subject to hydrolysis) is 1. The van der Waals surface area contributed by atoms with Crippen LogP contribution in [0.25, 0.3) is 10.8 Å². The van der Waals surface area contributed by atoms with Gasteiger partial charge in [0.2, 0.25) is 0 Å². The Morgan fingerprint density at radius 3 is 2.65 bits per heavy atom. The van der Waals surface area contributed by atoms with Crippen LogP contribution in [0.2, 0.25) is 0 Å². The number of hydrogen-bond donors (Lipinski definition) is 2. The first-order chi connectivity index (χ1) is 12.6. The summed E-state index contributed by atoms with van der Waals surface area (Å²) in [7, 11) is 0. The molecule has 132 valence electrons. The third kappa shape index (κ3) is 4.36. The highest BCUT2D eigenvalue weighted by Gasteiger charge is 2.22. The molecule has 0 radical (unpaired) electrons. The summed E-state index contributed by atoms with van der Waals surface area (Å²) in [5.74, 6) is -1.12. The van der Waals surface area contributed by atoms with Gasteiger partial charge in [-0.05, 0) is 22.6 Å². The minimum atomic E-state index is -1.12. The van der Waals surface area contributed by atoms with E-state index in [1.54, 1.807) is 12.4 Å². The number of amides is 1. The van der Waals surface area contributed by atoms with Crippen molar-refractivity contribution in [2.45, 2.75) is 19.1 Å². The van der Waals surface area contributed by atoms with Gasteiger partial charge < -0.3 is 15.2 Å². The summed E-state index contributed by atoms with van der Waals surface area (Å²) in [6.45, 7) is 0.0823. The van der Waals surface area contributed by atoms with Crippen molar-refractivity contribution in [1.29, 1.82) is 0 Å². The summed E-state index contributed by atoms with van der Waals surface area (Å²) in [5, 5.41) is 13.7. The van der Waals surface area contributed by atoms with Crippen LogP contribution in [0.4, 0.5) is 4.79 Å². The lowest BCUT2D eigenvalue weighted by Crippen LogP contribution is -2.42. The van der Waals surface area contributed by atoms with Crippen LogP contribution in [-0.2, 0) is 22.6 Å². The van der Waals surface area contributed by atoms with Crippen molar-refractivity contribution in [3.8, 4) is 0 Å². The van der Waals surface area contributed by atoms with E-state index in [0.29, 0.717) is 0 Å². The number of carbonyl (C=O) groups is 2. The summed E-state index contributed by atoms with van der Waals surface area (Å²) in [4.78, 5) is 27.6. The number of rotatable bonds is 6. The van der Waals surface area contributed by atoms with Gasteiger partial charge in [-0.25, -0.2) is 9.59 Å². The maximum absolute atomic E-state index is 12.0. The minimum absolute atomic E-state index is 0.0823. The molecular formula is C20H18N2O4. The van der Waals surface area contributed by atoms with Gasteiger partial charge in [-0.15, -0.1) is 0 Å². The predicted octanol–water partition coefficient (Wildman–Crippen LogP) is 3.16. The highest BCUT2D eigenvalue weighted by Crippen LogP contribution is 2.19. The molecule has 0 fully saturated rings. The van der Waals surface area contributed by atoms with E-state index in [2.05, 4.69) is 10.3 Å². The van der Waals surface area contributed by atoms with E-state index in [9.17, 15) is 14.7 Å². The quantitative estimate of drug-likeness (QED) is 0.713. The molecule has 1 heterocycles. The van der Waals surface area contributed by atoms with E-state index in [-0.39, 0.29) is 13.0 Å². The Bertz CT molecular complexity index is 907. The standard InChI is InChI=1S/C20H18N2O4/c23-19(24)18(22-20(25)26-13-14-5-2-1-3-6-14)11-15-7-4-8-16-12-21-10-9-17(15)16/h1-10,12,18H,11,13H2,(H,22,25)(H,23,24)/t18-/m1/s1. The van der Waals surface area contributed by atoms with Crippen molar-refractivity contribution in [1.82, 2.24) is 10.3 Å². The number of aromatic nitrogens is 1. The van der Waals surface area contributed by atoms with Gasteiger partial charge in [-0.2, -0.15) is 0 Å². The number of carboxylic acids is 1. The molecule has 0 aliphatic heterocycles. The number of hydrogen-bond acceptors (Lipinski definition) is 4. The van der Waals surface area contributed by atoms with Crippen molar-refractivity contribution < 1.29 is 19.4 Å². The molecule has 1 atom stereocenters. The molecule has 6 nitrogen and oxygen atoms in total. The van der Waals surface area contributed by atoms with E-state index in [1.807, 2.05) is 54.6 Å². The highest BCUT2D eigenvalue weighted by molar-refractivity contribution is 5.86. The third-order valence-corrected chi connectivity index (χ3v) is 4.00. The normalized spacial score (nSPS) is 11.7. The van der Waals surface area contributed by atoms with Crippen LogP contribution >= 0.6 is 0 Å². The number of pyridine rings is 1. The zero-order valence-electron chi connectivity index (χ0n) is 14.0. The number of nitrogens with zero attached hydrogens (tertiary/aromatic N) is 1. The zero-order valence-corrected chi connectivity index (χ0v) is 14.0. The topological polar surface area (TPSA) is 88.5 Å². The van der Waals surface area contributed by atoms with Crippen molar-refractivity contribution >= 4 is 22.8 Å². The molecule has 0 spiro atoms. The van der Waals surface area contributed by atoms with Crippen molar-refractivity contribution in [3.05, 3.63) is 78.1 Å². The van der Waals surface area contributed by atoms with Crippen LogP contribution in [-0.4, -0.2) is 28.2 Å². The number of fused-ring (bicyclic) bond motifs is 1. The van der Waals surface area contributed by atoms with Crippen molar-refractivity contribution in [3.63, 3.8) is 0 Å². The number of benzene rings is 2. The fourth-order valence-corrected chi connectivity index (χ4v) is 2.69. The van der Waals surface area contributed by atoms with E-state index in [4.69, 9.17) is 4.74 Å². The molecule has 3 rings (SSSR count). The summed E-state index contributed by atoms with van der Waals surface area (Å²) >= 11 is 0.